The first kappa shape index (κ1) is 22.2. The van der Waals surface area contributed by atoms with Gasteiger partial charge in [0.2, 0.25) is 5.95 Å². The molecule has 170 valence electrons. The molecule has 1 fully saturated rings. The van der Waals surface area contributed by atoms with Crippen molar-refractivity contribution in [1.82, 2.24) is 25.6 Å². The predicted molar refractivity (Wildman–Crippen MR) is 131 cm³/mol. The van der Waals surface area contributed by atoms with E-state index < -0.39 is 0 Å². The molecule has 0 atom stereocenters. The average molecular weight is 435 g/mol. The number of piperazine rings is 1. The molecule has 32 heavy (non-hydrogen) atoms. The molecule has 2 aromatic heterocycles. The maximum atomic E-state index is 8.77. The van der Waals surface area contributed by atoms with Crippen LogP contribution in [0.2, 0.25) is 0 Å². The Labute approximate surface area is 190 Å². The summed E-state index contributed by atoms with van der Waals surface area (Å²) >= 11 is 0. The molecule has 0 bridgehead atoms. The van der Waals surface area contributed by atoms with Crippen molar-refractivity contribution in [1.29, 1.82) is 5.41 Å². The average Bonchev–Trinajstić information content (AvgIpc) is 2.77. The Kier molecular flexibility index (Phi) is 6.15. The molecule has 2 aromatic rings. The largest absolute Gasteiger partial charge is 0.391 e. The number of pyridine rings is 1. The third-order valence-corrected chi connectivity index (χ3v) is 6.26. The highest BCUT2D eigenvalue weighted by atomic mass is 15.2. The Morgan fingerprint density at radius 3 is 2.53 bits per heavy atom. The molecule has 8 heteroatoms. The van der Waals surface area contributed by atoms with E-state index >= 15 is 0 Å². The molecule has 0 spiro atoms. The number of rotatable bonds is 5. The van der Waals surface area contributed by atoms with E-state index in [0.29, 0.717) is 23.9 Å². The standard InChI is InChI=1S/C24H34N8/c1-15(2)21(26-5)20-18(25)12-24(3,4)17-14-29-23(31-22(17)20)30-19-7-6-16(13-28-19)32-10-8-27-9-11-32/h6-7,13-15,25-27H,8-12H2,1-5H3,(H,28,29,30,31)/b21-20+,25-18?. The second kappa shape index (κ2) is 8.86. The smallest absolute Gasteiger partial charge is 0.228 e. The summed E-state index contributed by atoms with van der Waals surface area (Å²) in [6, 6.07) is 4.05. The molecule has 3 heterocycles. The van der Waals surface area contributed by atoms with Crippen molar-refractivity contribution >= 4 is 28.7 Å². The highest BCUT2D eigenvalue weighted by molar-refractivity contribution is 6.24. The molecule has 2 aliphatic rings. The molecular formula is C24H34N8. The number of fused-ring (bicyclic) bond motifs is 1. The SMILES string of the molecule is CN/C(=C1\C(=N)CC(C)(C)c2cnc(Nc3ccc(N4CCNCC4)cn3)nc21)C(C)C. The summed E-state index contributed by atoms with van der Waals surface area (Å²) < 4.78 is 0. The molecule has 1 aliphatic heterocycles. The molecular weight excluding hydrogens is 400 g/mol. The zero-order valence-corrected chi connectivity index (χ0v) is 19.7. The van der Waals surface area contributed by atoms with E-state index in [2.05, 4.69) is 64.6 Å². The Hall–Kier alpha value is -3.00. The lowest BCUT2D eigenvalue weighted by Gasteiger charge is -2.35. The fourth-order valence-electron chi connectivity index (χ4n) is 4.57. The zero-order chi connectivity index (χ0) is 22.9. The van der Waals surface area contributed by atoms with Gasteiger partial charge in [0.1, 0.15) is 5.82 Å². The summed E-state index contributed by atoms with van der Waals surface area (Å²) in [6.45, 7) is 12.5. The van der Waals surface area contributed by atoms with Gasteiger partial charge in [-0.2, -0.15) is 0 Å². The number of allylic oxidation sites excluding steroid dienone is 2. The first-order valence-corrected chi connectivity index (χ1v) is 11.4. The first-order valence-electron chi connectivity index (χ1n) is 11.4. The van der Waals surface area contributed by atoms with Crippen LogP contribution in [0.15, 0.2) is 30.2 Å². The van der Waals surface area contributed by atoms with Gasteiger partial charge >= 0.3 is 0 Å². The van der Waals surface area contributed by atoms with Crippen LogP contribution in [0.1, 0.15) is 45.4 Å². The van der Waals surface area contributed by atoms with E-state index in [9.17, 15) is 0 Å². The Balaban J connectivity index is 1.66. The van der Waals surface area contributed by atoms with Gasteiger partial charge in [0, 0.05) is 62.0 Å². The van der Waals surface area contributed by atoms with Gasteiger partial charge in [0.15, 0.2) is 0 Å². The van der Waals surface area contributed by atoms with Crippen molar-refractivity contribution in [2.75, 3.05) is 43.4 Å². The summed E-state index contributed by atoms with van der Waals surface area (Å²) in [5, 5.41) is 18.7. The molecule has 4 rings (SSSR count). The first-order chi connectivity index (χ1) is 15.3. The van der Waals surface area contributed by atoms with E-state index in [4.69, 9.17) is 10.4 Å². The lowest BCUT2D eigenvalue weighted by molar-refractivity contribution is 0.535. The summed E-state index contributed by atoms with van der Waals surface area (Å²) in [5.41, 5.74) is 5.39. The van der Waals surface area contributed by atoms with Gasteiger partial charge in [0.25, 0.3) is 0 Å². The van der Waals surface area contributed by atoms with Crippen molar-refractivity contribution in [2.24, 2.45) is 5.92 Å². The van der Waals surface area contributed by atoms with Gasteiger partial charge in [0.05, 0.1) is 17.6 Å². The van der Waals surface area contributed by atoms with Crippen LogP contribution in [0.4, 0.5) is 17.5 Å². The molecule has 1 saturated heterocycles. The van der Waals surface area contributed by atoms with E-state index in [1.54, 1.807) is 0 Å². The molecule has 0 amide bonds. The predicted octanol–water partition coefficient (Wildman–Crippen LogP) is 3.31. The Morgan fingerprint density at radius 2 is 1.91 bits per heavy atom. The molecule has 1 aliphatic carbocycles. The number of aromatic nitrogens is 3. The van der Waals surface area contributed by atoms with Crippen molar-refractivity contribution in [3.8, 4) is 0 Å². The topological polar surface area (TPSA) is 102 Å². The molecule has 8 nitrogen and oxygen atoms in total. The second-order valence-corrected chi connectivity index (χ2v) is 9.45. The van der Waals surface area contributed by atoms with Crippen LogP contribution in [-0.2, 0) is 5.41 Å². The Morgan fingerprint density at radius 1 is 1.16 bits per heavy atom. The van der Waals surface area contributed by atoms with Crippen LogP contribution in [0.25, 0.3) is 5.57 Å². The quantitative estimate of drug-likeness (QED) is 0.573. The lowest BCUT2D eigenvalue weighted by atomic mass is 9.71. The minimum atomic E-state index is -0.187. The summed E-state index contributed by atoms with van der Waals surface area (Å²) in [7, 11) is 1.92. The van der Waals surface area contributed by atoms with Crippen LogP contribution in [0, 0.1) is 11.3 Å². The highest BCUT2D eigenvalue weighted by Crippen LogP contribution is 2.41. The fourth-order valence-corrected chi connectivity index (χ4v) is 4.57. The van der Waals surface area contributed by atoms with E-state index in [-0.39, 0.29) is 11.3 Å². The molecule has 0 radical (unpaired) electrons. The van der Waals surface area contributed by atoms with Crippen LogP contribution >= 0.6 is 0 Å². The van der Waals surface area contributed by atoms with Crippen LogP contribution in [-0.4, -0.2) is 53.9 Å². The van der Waals surface area contributed by atoms with Crippen molar-refractivity contribution in [2.45, 2.75) is 39.5 Å². The number of anilines is 3. The van der Waals surface area contributed by atoms with Gasteiger partial charge in [-0.1, -0.05) is 27.7 Å². The second-order valence-electron chi connectivity index (χ2n) is 9.45. The fraction of sp³-hybridized carbons (Fsp3) is 0.500. The zero-order valence-electron chi connectivity index (χ0n) is 19.7. The van der Waals surface area contributed by atoms with Gasteiger partial charge in [-0.15, -0.1) is 0 Å². The van der Waals surface area contributed by atoms with Gasteiger partial charge in [-0.3, -0.25) is 0 Å². The van der Waals surface area contributed by atoms with E-state index in [1.807, 2.05) is 25.5 Å². The lowest BCUT2D eigenvalue weighted by Crippen LogP contribution is -2.43. The van der Waals surface area contributed by atoms with Crippen LogP contribution in [0.3, 0.4) is 0 Å². The number of hydrogen-bond acceptors (Lipinski definition) is 8. The molecule has 0 aromatic carbocycles. The monoisotopic (exact) mass is 434 g/mol. The minimum absolute atomic E-state index is 0.187. The minimum Gasteiger partial charge on any atom is -0.391 e. The van der Waals surface area contributed by atoms with Crippen molar-refractivity contribution < 1.29 is 0 Å². The summed E-state index contributed by atoms with van der Waals surface area (Å²) in [6.07, 6.45) is 4.46. The van der Waals surface area contributed by atoms with Gasteiger partial charge in [-0.25, -0.2) is 15.0 Å². The van der Waals surface area contributed by atoms with Crippen LogP contribution in [0.5, 0.6) is 0 Å². The van der Waals surface area contributed by atoms with E-state index in [1.165, 1.54) is 0 Å². The summed E-state index contributed by atoms with van der Waals surface area (Å²) in [4.78, 5) is 16.4. The highest BCUT2D eigenvalue weighted by Gasteiger charge is 2.36. The number of hydrogen-bond donors (Lipinski definition) is 4. The summed E-state index contributed by atoms with van der Waals surface area (Å²) in [5.74, 6) is 1.46. The number of nitrogens with one attached hydrogen (secondary N) is 4. The third kappa shape index (κ3) is 4.32. The maximum absolute atomic E-state index is 8.77. The Bertz CT molecular complexity index is 1020. The molecule has 4 N–H and O–H groups in total. The molecule has 0 saturated carbocycles. The normalized spacial score (nSPS) is 19.6. The number of nitrogens with zero attached hydrogens (tertiary/aromatic N) is 4. The third-order valence-electron chi connectivity index (χ3n) is 6.26. The van der Waals surface area contributed by atoms with Crippen LogP contribution < -0.4 is 20.9 Å². The molecule has 0 unspecified atom stereocenters. The van der Waals surface area contributed by atoms with Crippen molar-refractivity contribution in [3.05, 3.63) is 41.5 Å². The van der Waals surface area contributed by atoms with Gasteiger partial charge < -0.3 is 26.3 Å². The van der Waals surface area contributed by atoms with Crippen molar-refractivity contribution in [3.63, 3.8) is 0 Å². The van der Waals surface area contributed by atoms with E-state index in [0.717, 1.165) is 54.4 Å². The maximum Gasteiger partial charge on any atom is 0.228 e. The van der Waals surface area contributed by atoms with Gasteiger partial charge in [-0.05, 0) is 29.9 Å².